The van der Waals surface area contributed by atoms with Crippen LogP contribution in [0.2, 0.25) is 0 Å². The summed E-state index contributed by atoms with van der Waals surface area (Å²) in [4.78, 5) is 11.8. The third kappa shape index (κ3) is 4.60. The van der Waals surface area contributed by atoms with Gasteiger partial charge < -0.3 is 10.6 Å². The molecule has 1 fully saturated rings. The van der Waals surface area contributed by atoms with Crippen molar-refractivity contribution in [3.8, 4) is 0 Å². The predicted octanol–water partition coefficient (Wildman–Crippen LogP) is 2.85. The van der Waals surface area contributed by atoms with E-state index in [1.54, 1.807) is 0 Å². The molecule has 0 aliphatic heterocycles. The smallest absolute Gasteiger partial charge is 0.236 e. The van der Waals surface area contributed by atoms with Crippen LogP contribution in [0, 0.1) is 5.41 Å². The molecule has 106 valence electrons. The second kappa shape index (κ2) is 7.78. The van der Waals surface area contributed by atoms with E-state index in [0.29, 0.717) is 5.41 Å². The van der Waals surface area contributed by atoms with E-state index in [1.807, 2.05) is 6.92 Å². The van der Waals surface area contributed by atoms with Crippen molar-refractivity contribution in [3.63, 3.8) is 0 Å². The van der Waals surface area contributed by atoms with Crippen molar-refractivity contribution in [2.45, 2.75) is 71.8 Å². The number of rotatable bonds is 9. The van der Waals surface area contributed by atoms with Gasteiger partial charge in [-0.05, 0) is 38.0 Å². The van der Waals surface area contributed by atoms with Crippen molar-refractivity contribution in [1.82, 2.24) is 10.6 Å². The fourth-order valence-electron chi connectivity index (χ4n) is 2.53. The third-order valence-electron chi connectivity index (χ3n) is 4.42. The van der Waals surface area contributed by atoms with Crippen LogP contribution in [0.4, 0.5) is 0 Å². The molecule has 3 heteroatoms. The summed E-state index contributed by atoms with van der Waals surface area (Å²) >= 11 is 0. The standard InChI is InChI=1S/C15H30N2O/c1-4-6-7-11-16-14(18)13(3)17-12-15(5-2)9-8-10-15/h13,17H,4-12H2,1-3H3,(H,16,18). The van der Waals surface area contributed by atoms with Crippen molar-refractivity contribution in [3.05, 3.63) is 0 Å². The maximum absolute atomic E-state index is 11.8. The molecule has 3 nitrogen and oxygen atoms in total. The minimum atomic E-state index is -0.0596. The van der Waals surface area contributed by atoms with Crippen molar-refractivity contribution in [2.75, 3.05) is 13.1 Å². The van der Waals surface area contributed by atoms with Gasteiger partial charge >= 0.3 is 0 Å². The summed E-state index contributed by atoms with van der Waals surface area (Å²) in [5, 5.41) is 6.41. The van der Waals surface area contributed by atoms with Gasteiger partial charge in [-0.2, -0.15) is 0 Å². The van der Waals surface area contributed by atoms with Gasteiger partial charge in [0.1, 0.15) is 0 Å². The van der Waals surface area contributed by atoms with Gasteiger partial charge in [0.05, 0.1) is 6.04 Å². The van der Waals surface area contributed by atoms with E-state index < -0.39 is 0 Å². The van der Waals surface area contributed by atoms with Crippen LogP contribution in [0.5, 0.6) is 0 Å². The average Bonchev–Trinajstić information content (AvgIpc) is 2.33. The number of carbonyl (C=O) groups is 1. The van der Waals surface area contributed by atoms with Crippen molar-refractivity contribution >= 4 is 5.91 Å². The van der Waals surface area contributed by atoms with E-state index in [9.17, 15) is 4.79 Å². The molecule has 0 saturated heterocycles. The maximum atomic E-state index is 11.8. The first-order valence-corrected chi connectivity index (χ1v) is 7.64. The second-order valence-corrected chi connectivity index (χ2v) is 5.81. The highest BCUT2D eigenvalue weighted by Crippen LogP contribution is 2.43. The highest BCUT2D eigenvalue weighted by Gasteiger charge is 2.35. The van der Waals surface area contributed by atoms with E-state index in [4.69, 9.17) is 0 Å². The Morgan fingerprint density at radius 1 is 1.28 bits per heavy atom. The molecule has 0 aromatic heterocycles. The van der Waals surface area contributed by atoms with Crippen LogP contribution < -0.4 is 10.6 Å². The number of hydrogen-bond donors (Lipinski definition) is 2. The summed E-state index contributed by atoms with van der Waals surface area (Å²) < 4.78 is 0. The van der Waals surface area contributed by atoms with Crippen molar-refractivity contribution in [2.24, 2.45) is 5.41 Å². The first-order chi connectivity index (χ1) is 8.63. The van der Waals surface area contributed by atoms with Crippen LogP contribution in [-0.2, 0) is 4.79 Å². The molecule has 0 radical (unpaired) electrons. The lowest BCUT2D eigenvalue weighted by atomic mass is 9.67. The van der Waals surface area contributed by atoms with Gasteiger partial charge in [0.15, 0.2) is 0 Å². The molecule has 1 aliphatic carbocycles. The molecule has 0 bridgehead atoms. The van der Waals surface area contributed by atoms with Crippen LogP contribution in [-0.4, -0.2) is 25.0 Å². The molecule has 0 spiro atoms. The van der Waals surface area contributed by atoms with Gasteiger partial charge in [-0.1, -0.05) is 33.1 Å². The molecule has 1 rings (SSSR count). The van der Waals surface area contributed by atoms with E-state index >= 15 is 0 Å². The Morgan fingerprint density at radius 2 is 2.00 bits per heavy atom. The van der Waals surface area contributed by atoms with E-state index in [-0.39, 0.29) is 11.9 Å². The molecule has 0 aromatic rings. The largest absolute Gasteiger partial charge is 0.355 e. The molecule has 1 amide bonds. The Morgan fingerprint density at radius 3 is 2.50 bits per heavy atom. The molecule has 1 saturated carbocycles. The van der Waals surface area contributed by atoms with E-state index in [0.717, 1.165) is 19.5 Å². The van der Waals surface area contributed by atoms with Gasteiger partial charge in [-0.15, -0.1) is 0 Å². The lowest BCUT2D eigenvalue weighted by Crippen LogP contribution is -2.48. The number of carbonyl (C=O) groups excluding carboxylic acids is 1. The summed E-state index contributed by atoms with van der Waals surface area (Å²) in [5.74, 6) is 0.150. The Balaban J connectivity index is 2.15. The lowest BCUT2D eigenvalue weighted by Gasteiger charge is -2.42. The Hall–Kier alpha value is -0.570. The second-order valence-electron chi connectivity index (χ2n) is 5.81. The molecular weight excluding hydrogens is 224 g/mol. The van der Waals surface area contributed by atoms with Crippen LogP contribution in [0.25, 0.3) is 0 Å². The normalized spacial score (nSPS) is 19.1. The zero-order valence-electron chi connectivity index (χ0n) is 12.3. The van der Waals surface area contributed by atoms with Gasteiger partial charge in [0.25, 0.3) is 0 Å². The van der Waals surface area contributed by atoms with Gasteiger partial charge in [0, 0.05) is 13.1 Å². The maximum Gasteiger partial charge on any atom is 0.236 e. The summed E-state index contributed by atoms with van der Waals surface area (Å²) in [6, 6.07) is -0.0596. The number of unbranched alkanes of at least 4 members (excludes halogenated alkanes) is 2. The summed E-state index contributed by atoms with van der Waals surface area (Å²) in [7, 11) is 0. The van der Waals surface area contributed by atoms with Crippen molar-refractivity contribution in [1.29, 1.82) is 0 Å². The van der Waals surface area contributed by atoms with Crippen molar-refractivity contribution < 1.29 is 4.79 Å². The molecule has 1 atom stereocenters. The van der Waals surface area contributed by atoms with E-state index in [1.165, 1.54) is 38.5 Å². The molecule has 2 N–H and O–H groups in total. The number of hydrogen-bond acceptors (Lipinski definition) is 2. The minimum absolute atomic E-state index is 0.0596. The topological polar surface area (TPSA) is 41.1 Å². The highest BCUT2D eigenvalue weighted by atomic mass is 16.2. The molecular formula is C15H30N2O. The monoisotopic (exact) mass is 254 g/mol. The zero-order chi connectivity index (χ0) is 13.4. The number of amides is 1. The molecule has 0 aromatic carbocycles. The van der Waals surface area contributed by atoms with Crippen LogP contribution in [0.3, 0.4) is 0 Å². The first-order valence-electron chi connectivity index (χ1n) is 7.64. The first kappa shape index (κ1) is 15.5. The SMILES string of the molecule is CCCCCNC(=O)C(C)NCC1(CC)CCC1. The predicted molar refractivity (Wildman–Crippen MR) is 76.6 cm³/mol. The van der Waals surface area contributed by atoms with Crippen LogP contribution >= 0.6 is 0 Å². The Labute approximate surface area is 112 Å². The summed E-state index contributed by atoms with van der Waals surface area (Å²) in [6.45, 7) is 8.22. The van der Waals surface area contributed by atoms with Gasteiger partial charge in [-0.25, -0.2) is 0 Å². The number of nitrogens with one attached hydrogen (secondary N) is 2. The van der Waals surface area contributed by atoms with Crippen LogP contribution in [0.15, 0.2) is 0 Å². The summed E-state index contributed by atoms with van der Waals surface area (Å²) in [5.41, 5.74) is 0.483. The van der Waals surface area contributed by atoms with E-state index in [2.05, 4.69) is 24.5 Å². The van der Waals surface area contributed by atoms with Crippen LogP contribution in [0.1, 0.15) is 65.7 Å². The molecule has 18 heavy (non-hydrogen) atoms. The molecule has 0 heterocycles. The third-order valence-corrected chi connectivity index (χ3v) is 4.42. The zero-order valence-corrected chi connectivity index (χ0v) is 12.3. The van der Waals surface area contributed by atoms with Gasteiger partial charge in [0.2, 0.25) is 5.91 Å². The lowest BCUT2D eigenvalue weighted by molar-refractivity contribution is -0.122. The molecule has 1 aliphatic rings. The van der Waals surface area contributed by atoms with Gasteiger partial charge in [-0.3, -0.25) is 4.79 Å². The fraction of sp³-hybridized carbons (Fsp3) is 0.933. The quantitative estimate of drug-likeness (QED) is 0.621. The highest BCUT2D eigenvalue weighted by molar-refractivity contribution is 5.81. The summed E-state index contributed by atoms with van der Waals surface area (Å²) in [6.07, 6.45) is 8.71. The molecule has 1 unspecified atom stereocenters. The minimum Gasteiger partial charge on any atom is -0.355 e. The Bertz CT molecular complexity index is 243. The average molecular weight is 254 g/mol. The Kier molecular flexibility index (Phi) is 6.69. The fourth-order valence-corrected chi connectivity index (χ4v) is 2.53.